The number of ether oxygens (including phenoxy) is 1. The van der Waals surface area contributed by atoms with Crippen molar-refractivity contribution in [3.05, 3.63) is 36.0 Å². The summed E-state index contributed by atoms with van der Waals surface area (Å²) in [5.74, 6) is -0.332. The molecule has 2 heterocycles. The Hall–Kier alpha value is -2.87. The van der Waals surface area contributed by atoms with Crippen LogP contribution in [0.2, 0.25) is 0 Å². The van der Waals surface area contributed by atoms with E-state index in [-0.39, 0.29) is 11.3 Å². The highest BCUT2D eigenvalue weighted by atomic mass is 16.5. The smallest absolute Gasteiger partial charge is 0.339 e. The minimum atomic E-state index is -1.19. The van der Waals surface area contributed by atoms with Crippen molar-refractivity contribution in [3.8, 4) is 5.75 Å². The van der Waals surface area contributed by atoms with Gasteiger partial charge in [-0.15, -0.1) is 0 Å². The Labute approximate surface area is 132 Å². The Bertz CT molecular complexity index is 716. The zero-order valence-corrected chi connectivity index (χ0v) is 12.3. The van der Waals surface area contributed by atoms with Crippen molar-refractivity contribution >= 4 is 23.4 Å². The maximum Gasteiger partial charge on any atom is 0.339 e. The van der Waals surface area contributed by atoms with Crippen LogP contribution in [-0.2, 0) is 4.74 Å². The number of hydrogen-bond acceptors (Lipinski definition) is 7. The summed E-state index contributed by atoms with van der Waals surface area (Å²) in [4.78, 5) is 21.8. The summed E-state index contributed by atoms with van der Waals surface area (Å²) in [5.41, 5.74) is 0.351. The number of carboxylic acids is 1. The van der Waals surface area contributed by atoms with Crippen molar-refractivity contribution in [3.63, 3.8) is 0 Å². The van der Waals surface area contributed by atoms with Gasteiger partial charge in [0.15, 0.2) is 0 Å². The van der Waals surface area contributed by atoms with Crippen LogP contribution in [0.15, 0.2) is 30.5 Å². The van der Waals surface area contributed by atoms with Crippen molar-refractivity contribution < 1.29 is 19.7 Å². The van der Waals surface area contributed by atoms with Gasteiger partial charge in [0.2, 0.25) is 5.95 Å². The lowest BCUT2D eigenvalue weighted by Crippen LogP contribution is -2.37. The number of carbonyl (C=O) groups is 1. The van der Waals surface area contributed by atoms with E-state index in [0.29, 0.717) is 30.7 Å². The molecule has 1 aromatic heterocycles. The van der Waals surface area contributed by atoms with Crippen molar-refractivity contribution in [2.45, 2.75) is 0 Å². The SMILES string of the molecule is O=C(O)c1cc(Nc2ccnc(N3CCOCC3)n2)ccc1O. The van der Waals surface area contributed by atoms with Crippen LogP contribution in [0, 0.1) is 0 Å². The third-order valence-corrected chi connectivity index (χ3v) is 3.44. The van der Waals surface area contributed by atoms with Crippen LogP contribution < -0.4 is 10.2 Å². The highest BCUT2D eigenvalue weighted by Crippen LogP contribution is 2.24. The third kappa shape index (κ3) is 3.49. The summed E-state index contributed by atoms with van der Waals surface area (Å²) in [6.07, 6.45) is 1.64. The highest BCUT2D eigenvalue weighted by molar-refractivity contribution is 5.92. The second-order valence-electron chi connectivity index (χ2n) is 5.00. The second-order valence-corrected chi connectivity index (χ2v) is 5.00. The van der Waals surface area contributed by atoms with E-state index in [4.69, 9.17) is 9.84 Å². The molecular weight excluding hydrogens is 300 g/mol. The van der Waals surface area contributed by atoms with Gasteiger partial charge in [0.1, 0.15) is 17.1 Å². The molecule has 8 nitrogen and oxygen atoms in total. The van der Waals surface area contributed by atoms with Crippen LogP contribution in [0.4, 0.5) is 17.5 Å². The van der Waals surface area contributed by atoms with Gasteiger partial charge >= 0.3 is 5.97 Å². The van der Waals surface area contributed by atoms with Crippen molar-refractivity contribution in [2.24, 2.45) is 0 Å². The molecule has 2 aromatic rings. The van der Waals surface area contributed by atoms with Gasteiger partial charge in [-0.05, 0) is 24.3 Å². The van der Waals surface area contributed by atoms with Crippen LogP contribution in [0.25, 0.3) is 0 Å². The normalized spacial score (nSPS) is 14.5. The number of nitrogens with zero attached hydrogens (tertiary/aromatic N) is 3. The molecule has 3 N–H and O–H groups in total. The Morgan fingerprint density at radius 2 is 2.04 bits per heavy atom. The number of anilines is 3. The van der Waals surface area contributed by atoms with E-state index in [2.05, 4.69) is 15.3 Å². The fraction of sp³-hybridized carbons (Fsp3) is 0.267. The quantitative estimate of drug-likeness (QED) is 0.728. The fourth-order valence-corrected chi connectivity index (χ4v) is 2.27. The number of rotatable bonds is 4. The molecule has 0 aliphatic carbocycles. The molecule has 0 amide bonds. The van der Waals surface area contributed by atoms with Gasteiger partial charge in [0.25, 0.3) is 0 Å². The topological polar surface area (TPSA) is 108 Å². The molecule has 1 saturated heterocycles. The maximum atomic E-state index is 11.1. The molecule has 1 aromatic carbocycles. The maximum absolute atomic E-state index is 11.1. The molecule has 23 heavy (non-hydrogen) atoms. The van der Waals surface area contributed by atoms with Gasteiger partial charge in [0, 0.05) is 25.0 Å². The molecule has 0 bridgehead atoms. The molecule has 3 rings (SSSR count). The second kappa shape index (κ2) is 6.49. The summed E-state index contributed by atoms with van der Waals surface area (Å²) in [5, 5.41) is 21.6. The van der Waals surface area contributed by atoms with Gasteiger partial charge < -0.3 is 25.2 Å². The molecule has 0 radical (unpaired) electrons. The van der Waals surface area contributed by atoms with Crippen LogP contribution in [0.3, 0.4) is 0 Å². The zero-order chi connectivity index (χ0) is 16.2. The predicted molar refractivity (Wildman–Crippen MR) is 83.4 cm³/mol. The average Bonchev–Trinajstić information content (AvgIpc) is 2.57. The lowest BCUT2D eigenvalue weighted by atomic mass is 10.2. The van der Waals surface area contributed by atoms with E-state index in [1.807, 2.05) is 4.90 Å². The molecule has 0 atom stereocenters. The van der Waals surface area contributed by atoms with Crippen LogP contribution in [-0.4, -0.2) is 52.5 Å². The summed E-state index contributed by atoms with van der Waals surface area (Å²) in [6, 6.07) is 5.96. The number of aromatic nitrogens is 2. The van der Waals surface area contributed by atoms with Crippen LogP contribution in [0.5, 0.6) is 5.75 Å². The molecule has 120 valence electrons. The number of benzene rings is 1. The molecule has 1 aliphatic heterocycles. The van der Waals surface area contributed by atoms with E-state index in [9.17, 15) is 9.90 Å². The van der Waals surface area contributed by atoms with E-state index in [0.717, 1.165) is 13.1 Å². The number of nitrogens with one attached hydrogen (secondary N) is 1. The van der Waals surface area contributed by atoms with Crippen molar-refractivity contribution in [1.29, 1.82) is 0 Å². The zero-order valence-electron chi connectivity index (χ0n) is 12.3. The fourth-order valence-electron chi connectivity index (χ4n) is 2.27. The number of morpholine rings is 1. The van der Waals surface area contributed by atoms with Gasteiger partial charge in [-0.25, -0.2) is 9.78 Å². The summed E-state index contributed by atoms with van der Waals surface area (Å²) < 4.78 is 5.30. The molecule has 0 unspecified atom stereocenters. The van der Waals surface area contributed by atoms with Crippen LogP contribution in [0.1, 0.15) is 10.4 Å². The van der Waals surface area contributed by atoms with E-state index in [1.165, 1.54) is 12.1 Å². The van der Waals surface area contributed by atoms with Crippen LogP contribution >= 0.6 is 0 Å². The Kier molecular flexibility index (Phi) is 4.24. The summed E-state index contributed by atoms with van der Waals surface area (Å²) >= 11 is 0. The lowest BCUT2D eigenvalue weighted by Gasteiger charge is -2.26. The summed E-state index contributed by atoms with van der Waals surface area (Å²) in [6.45, 7) is 2.74. The molecule has 1 aliphatic rings. The number of aromatic hydroxyl groups is 1. The molecule has 1 fully saturated rings. The lowest BCUT2D eigenvalue weighted by molar-refractivity contribution is 0.0694. The van der Waals surface area contributed by atoms with Gasteiger partial charge in [-0.2, -0.15) is 4.98 Å². The van der Waals surface area contributed by atoms with Crippen molar-refractivity contribution in [1.82, 2.24) is 9.97 Å². The highest BCUT2D eigenvalue weighted by Gasteiger charge is 2.14. The first-order valence-corrected chi connectivity index (χ1v) is 7.12. The monoisotopic (exact) mass is 316 g/mol. The van der Waals surface area contributed by atoms with E-state index < -0.39 is 5.97 Å². The first kappa shape index (κ1) is 15.0. The molecule has 0 spiro atoms. The van der Waals surface area contributed by atoms with Gasteiger partial charge in [0.05, 0.1) is 13.2 Å². The first-order valence-electron chi connectivity index (χ1n) is 7.12. The Balaban J connectivity index is 1.80. The molecular formula is C15H16N4O4. The predicted octanol–water partition coefficient (Wildman–Crippen LogP) is 1.46. The van der Waals surface area contributed by atoms with E-state index >= 15 is 0 Å². The number of hydrogen-bond donors (Lipinski definition) is 3. The third-order valence-electron chi connectivity index (χ3n) is 3.44. The standard InChI is InChI=1S/C15H16N4O4/c20-12-2-1-10(9-11(12)14(21)22)17-13-3-4-16-15(18-13)19-5-7-23-8-6-19/h1-4,9,20H,5-8H2,(H,21,22)(H,16,17,18). The minimum Gasteiger partial charge on any atom is -0.507 e. The van der Waals surface area contributed by atoms with Crippen molar-refractivity contribution in [2.75, 3.05) is 36.5 Å². The van der Waals surface area contributed by atoms with E-state index in [1.54, 1.807) is 18.3 Å². The molecule has 8 heteroatoms. The molecule has 0 saturated carbocycles. The number of carboxylic acid groups (broad SMARTS) is 1. The summed E-state index contributed by atoms with van der Waals surface area (Å²) in [7, 11) is 0. The first-order chi connectivity index (χ1) is 11.1. The Morgan fingerprint density at radius 3 is 2.78 bits per heavy atom. The number of phenols is 1. The van der Waals surface area contributed by atoms with Gasteiger partial charge in [-0.3, -0.25) is 0 Å². The largest absolute Gasteiger partial charge is 0.507 e. The average molecular weight is 316 g/mol. The Morgan fingerprint density at radius 1 is 1.26 bits per heavy atom. The minimum absolute atomic E-state index is 0.169. The van der Waals surface area contributed by atoms with Gasteiger partial charge in [-0.1, -0.05) is 0 Å². The number of aromatic carboxylic acids is 1.